The molecule has 0 bridgehead atoms. The third kappa shape index (κ3) is 2.83. The summed E-state index contributed by atoms with van der Waals surface area (Å²) in [5.74, 6) is 0.308. The van der Waals surface area contributed by atoms with E-state index in [9.17, 15) is 0 Å². The molecule has 1 fully saturated rings. The van der Waals surface area contributed by atoms with E-state index in [4.69, 9.17) is 10.9 Å². The van der Waals surface area contributed by atoms with Crippen molar-refractivity contribution in [3.05, 3.63) is 42.1 Å². The van der Waals surface area contributed by atoms with Crippen LogP contribution in [0.3, 0.4) is 0 Å². The van der Waals surface area contributed by atoms with Gasteiger partial charge < -0.3 is 10.9 Å². The summed E-state index contributed by atoms with van der Waals surface area (Å²) in [4.78, 5) is 6.78. The van der Waals surface area contributed by atoms with E-state index < -0.39 is 0 Å². The standard InChI is InChI=1S/C16H20N4O/c17-16(19-21)14-8-1-2-10-20(14)11-13-6-3-5-12-7-4-9-18-15(12)13/h3-7,9,14,21H,1-2,8,10-11H2,(H2,17,19). The number of nitrogens with zero attached hydrogens (tertiary/aromatic N) is 3. The van der Waals surface area contributed by atoms with Crippen LogP contribution in [0.4, 0.5) is 0 Å². The largest absolute Gasteiger partial charge is 0.409 e. The van der Waals surface area contributed by atoms with E-state index in [1.807, 2.05) is 12.3 Å². The number of fused-ring (bicyclic) bond motifs is 1. The number of nitrogens with two attached hydrogens (primary N) is 1. The Balaban J connectivity index is 1.90. The molecule has 3 N–H and O–H groups in total. The maximum absolute atomic E-state index is 8.97. The summed E-state index contributed by atoms with van der Waals surface area (Å²) in [6, 6.07) is 10.3. The second-order valence-electron chi connectivity index (χ2n) is 5.50. The Morgan fingerprint density at radius 1 is 1.33 bits per heavy atom. The molecular weight excluding hydrogens is 264 g/mol. The maximum atomic E-state index is 8.97. The molecule has 110 valence electrons. The molecule has 1 aromatic carbocycles. The van der Waals surface area contributed by atoms with Gasteiger partial charge in [0.2, 0.25) is 0 Å². The van der Waals surface area contributed by atoms with Gasteiger partial charge in [0.25, 0.3) is 0 Å². The van der Waals surface area contributed by atoms with Crippen LogP contribution in [-0.2, 0) is 6.54 Å². The highest BCUT2D eigenvalue weighted by molar-refractivity contribution is 5.85. The number of benzene rings is 1. The molecule has 0 aliphatic carbocycles. The summed E-state index contributed by atoms with van der Waals surface area (Å²) in [5.41, 5.74) is 8.06. The molecule has 0 saturated carbocycles. The number of hydrogen-bond donors (Lipinski definition) is 2. The molecule has 1 unspecified atom stereocenters. The molecule has 3 rings (SSSR count). The first-order valence-corrected chi connectivity index (χ1v) is 7.33. The number of amidine groups is 1. The molecule has 0 radical (unpaired) electrons. The monoisotopic (exact) mass is 284 g/mol. The first-order chi connectivity index (χ1) is 10.3. The number of aromatic nitrogens is 1. The fraction of sp³-hybridized carbons (Fsp3) is 0.375. The van der Waals surface area contributed by atoms with Crippen LogP contribution in [-0.4, -0.2) is 33.5 Å². The number of oxime groups is 1. The molecule has 21 heavy (non-hydrogen) atoms. The lowest BCUT2D eigenvalue weighted by Crippen LogP contribution is -2.47. The van der Waals surface area contributed by atoms with Crippen LogP contribution in [0.25, 0.3) is 10.9 Å². The zero-order valence-corrected chi connectivity index (χ0v) is 11.9. The Bertz CT molecular complexity index is 650. The van der Waals surface area contributed by atoms with Gasteiger partial charge in [0, 0.05) is 18.1 Å². The number of pyridine rings is 1. The van der Waals surface area contributed by atoms with Crippen LogP contribution < -0.4 is 5.73 Å². The van der Waals surface area contributed by atoms with Gasteiger partial charge in [0.1, 0.15) is 0 Å². The average molecular weight is 284 g/mol. The topological polar surface area (TPSA) is 74.7 Å². The van der Waals surface area contributed by atoms with Crippen LogP contribution in [0.2, 0.25) is 0 Å². The molecule has 1 atom stereocenters. The van der Waals surface area contributed by atoms with E-state index in [2.05, 4.69) is 39.3 Å². The lowest BCUT2D eigenvalue weighted by Gasteiger charge is -2.34. The van der Waals surface area contributed by atoms with Gasteiger partial charge >= 0.3 is 0 Å². The summed E-state index contributed by atoms with van der Waals surface area (Å²) < 4.78 is 0. The second kappa shape index (κ2) is 6.10. The highest BCUT2D eigenvalue weighted by atomic mass is 16.4. The van der Waals surface area contributed by atoms with E-state index in [1.165, 1.54) is 5.56 Å². The summed E-state index contributed by atoms with van der Waals surface area (Å²) >= 11 is 0. The van der Waals surface area contributed by atoms with Gasteiger partial charge in [-0.2, -0.15) is 0 Å². The minimum Gasteiger partial charge on any atom is -0.409 e. The third-order valence-corrected chi connectivity index (χ3v) is 4.16. The molecule has 0 amide bonds. The smallest absolute Gasteiger partial charge is 0.156 e. The van der Waals surface area contributed by atoms with Gasteiger partial charge in [-0.3, -0.25) is 9.88 Å². The number of hydrogen-bond acceptors (Lipinski definition) is 4. The number of rotatable bonds is 3. The van der Waals surface area contributed by atoms with Gasteiger partial charge in [0.15, 0.2) is 5.84 Å². The predicted octanol–water partition coefficient (Wildman–Crippen LogP) is 2.34. The van der Waals surface area contributed by atoms with Crippen molar-refractivity contribution in [2.24, 2.45) is 10.9 Å². The van der Waals surface area contributed by atoms with Crippen LogP contribution in [0.1, 0.15) is 24.8 Å². The Morgan fingerprint density at radius 3 is 3.05 bits per heavy atom. The highest BCUT2D eigenvalue weighted by Gasteiger charge is 2.26. The fourth-order valence-corrected chi connectivity index (χ4v) is 3.10. The SMILES string of the molecule is NC(=NO)C1CCCCN1Cc1cccc2cccnc12. The molecule has 0 spiro atoms. The van der Waals surface area contributed by atoms with E-state index in [1.54, 1.807) is 0 Å². The lowest BCUT2D eigenvalue weighted by atomic mass is 9.99. The van der Waals surface area contributed by atoms with Crippen LogP contribution >= 0.6 is 0 Å². The zero-order valence-electron chi connectivity index (χ0n) is 11.9. The molecule has 5 nitrogen and oxygen atoms in total. The zero-order chi connectivity index (χ0) is 14.7. The Labute approximate surface area is 124 Å². The van der Waals surface area contributed by atoms with Crippen molar-refractivity contribution in [3.63, 3.8) is 0 Å². The van der Waals surface area contributed by atoms with Crippen molar-refractivity contribution in [2.75, 3.05) is 6.54 Å². The molecule has 2 heterocycles. The maximum Gasteiger partial charge on any atom is 0.156 e. The van der Waals surface area contributed by atoms with Gasteiger partial charge in [-0.1, -0.05) is 35.8 Å². The molecule has 2 aromatic rings. The van der Waals surface area contributed by atoms with Crippen molar-refractivity contribution in [3.8, 4) is 0 Å². The normalized spacial score (nSPS) is 20.8. The van der Waals surface area contributed by atoms with Crippen molar-refractivity contribution in [1.82, 2.24) is 9.88 Å². The molecule has 1 saturated heterocycles. The Morgan fingerprint density at radius 2 is 2.19 bits per heavy atom. The molecular formula is C16H20N4O. The summed E-state index contributed by atoms with van der Waals surface area (Å²) in [6.45, 7) is 1.74. The molecule has 5 heteroatoms. The van der Waals surface area contributed by atoms with E-state index >= 15 is 0 Å². The quantitative estimate of drug-likeness (QED) is 0.392. The van der Waals surface area contributed by atoms with Gasteiger partial charge in [-0.15, -0.1) is 0 Å². The number of likely N-dealkylation sites (tertiary alicyclic amines) is 1. The lowest BCUT2D eigenvalue weighted by molar-refractivity contribution is 0.179. The van der Waals surface area contributed by atoms with Crippen molar-refractivity contribution >= 4 is 16.7 Å². The van der Waals surface area contributed by atoms with Crippen LogP contribution in [0, 0.1) is 0 Å². The van der Waals surface area contributed by atoms with E-state index in [0.717, 1.165) is 43.3 Å². The fourth-order valence-electron chi connectivity index (χ4n) is 3.10. The van der Waals surface area contributed by atoms with Crippen molar-refractivity contribution < 1.29 is 5.21 Å². The second-order valence-corrected chi connectivity index (χ2v) is 5.50. The Kier molecular flexibility index (Phi) is 4.01. The average Bonchev–Trinajstić information content (AvgIpc) is 2.55. The van der Waals surface area contributed by atoms with E-state index in [-0.39, 0.29) is 6.04 Å². The number of para-hydroxylation sites is 1. The van der Waals surface area contributed by atoms with Gasteiger partial charge in [-0.25, -0.2) is 0 Å². The minimum absolute atomic E-state index is 0.0164. The van der Waals surface area contributed by atoms with Gasteiger partial charge in [-0.05, 0) is 31.0 Å². The summed E-state index contributed by atoms with van der Waals surface area (Å²) in [7, 11) is 0. The molecule has 1 aliphatic heterocycles. The van der Waals surface area contributed by atoms with Gasteiger partial charge in [0.05, 0.1) is 11.6 Å². The van der Waals surface area contributed by atoms with Crippen molar-refractivity contribution in [2.45, 2.75) is 31.8 Å². The third-order valence-electron chi connectivity index (χ3n) is 4.16. The minimum atomic E-state index is 0.0164. The summed E-state index contributed by atoms with van der Waals surface area (Å²) in [5, 5.41) is 13.3. The first kappa shape index (κ1) is 13.8. The predicted molar refractivity (Wildman–Crippen MR) is 83.2 cm³/mol. The molecule has 1 aromatic heterocycles. The highest BCUT2D eigenvalue weighted by Crippen LogP contribution is 2.23. The first-order valence-electron chi connectivity index (χ1n) is 7.33. The van der Waals surface area contributed by atoms with Crippen LogP contribution in [0.5, 0.6) is 0 Å². The molecule has 1 aliphatic rings. The van der Waals surface area contributed by atoms with E-state index in [0.29, 0.717) is 5.84 Å². The summed E-state index contributed by atoms with van der Waals surface area (Å²) in [6.07, 6.45) is 5.02. The van der Waals surface area contributed by atoms with Crippen molar-refractivity contribution in [1.29, 1.82) is 0 Å². The Hall–Kier alpha value is -2.14. The number of piperidine rings is 1. The van der Waals surface area contributed by atoms with Crippen LogP contribution in [0.15, 0.2) is 41.7 Å².